The van der Waals surface area contributed by atoms with Crippen LogP contribution >= 0.6 is 24.0 Å². The number of nitrogens with two attached hydrogens (primary N) is 1. The van der Waals surface area contributed by atoms with Crippen molar-refractivity contribution < 1.29 is 9.13 Å². The fraction of sp³-hybridized carbons (Fsp3) is 0.429. The van der Waals surface area contributed by atoms with Crippen LogP contribution in [0.25, 0.3) is 0 Å². The molecule has 0 atom stereocenters. The van der Waals surface area contributed by atoms with Gasteiger partial charge in [-0.15, -0.1) is 24.0 Å². The lowest BCUT2D eigenvalue weighted by atomic mass is 10.2. The number of halogens is 2. The van der Waals surface area contributed by atoms with Crippen molar-refractivity contribution >= 4 is 35.6 Å². The minimum atomic E-state index is -0.212. The number of piperazine rings is 1. The molecule has 156 valence electrons. The van der Waals surface area contributed by atoms with Crippen molar-refractivity contribution in [1.82, 2.24) is 9.88 Å². The van der Waals surface area contributed by atoms with E-state index in [0.29, 0.717) is 18.4 Å². The Morgan fingerprint density at radius 2 is 1.83 bits per heavy atom. The fourth-order valence-corrected chi connectivity index (χ4v) is 3.20. The van der Waals surface area contributed by atoms with Gasteiger partial charge in [0.2, 0.25) is 5.88 Å². The number of aromatic nitrogens is 1. The van der Waals surface area contributed by atoms with E-state index in [2.05, 4.69) is 19.8 Å². The first-order valence-electron chi connectivity index (χ1n) is 9.80. The van der Waals surface area contributed by atoms with Gasteiger partial charge in [-0.3, -0.25) is 0 Å². The number of benzene rings is 1. The van der Waals surface area contributed by atoms with Gasteiger partial charge in [-0.2, -0.15) is 0 Å². The molecule has 0 unspecified atom stereocenters. The molecule has 0 radical (unpaired) electrons. The molecule has 1 aromatic carbocycles. The van der Waals surface area contributed by atoms with Gasteiger partial charge in [0.15, 0.2) is 5.96 Å². The van der Waals surface area contributed by atoms with E-state index >= 15 is 0 Å². The summed E-state index contributed by atoms with van der Waals surface area (Å²) < 4.78 is 18.7. The second kappa shape index (κ2) is 10.1. The lowest BCUT2D eigenvalue weighted by Gasteiger charge is -2.36. The average molecular weight is 511 g/mol. The molecule has 2 N–H and O–H groups in total. The Bertz CT molecular complexity index is 803. The van der Waals surface area contributed by atoms with Crippen LogP contribution in [0.3, 0.4) is 0 Å². The van der Waals surface area contributed by atoms with E-state index in [1.807, 2.05) is 24.3 Å². The first-order chi connectivity index (χ1) is 13.7. The van der Waals surface area contributed by atoms with Crippen LogP contribution in [0.4, 0.5) is 10.1 Å². The maximum Gasteiger partial charge on any atom is 0.213 e. The number of hydrogen-bond donors (Lipinski definition) is 1. The summed E-state index contributed by atoms with van der Waals surface area (Å²) in [5.41, 5.74) is 8.22. The van der Waals surface area contributed by atoms with Crippen molar-refractivity contribution in [2.24, 2.45) is 16.6 Å². The summed E-state index contributed by atoms with van der Waals surface area (Å²) in [6.45, 7) is 4.51. The van der Waals surface area contributed by atoms with E-state index in [1.165, 1.54) is 25.0 Å². The van der Waals surface area contributed by atoms with E-state index < -0.39 is 0 Å². The van der Waals surface area contributed by atoms with Gasteiger partial charge in [-0.25, -0.2) is 14.4 Å². The molecule has 1 aliphatic heterocycles. The highest BCUT2D eigenvalue weighted by atomic mass is 127. The van der Waals surface area contributed by atoms with E-state index in [9.17, 15) is 4.39 Å². The molecule has 1 aliphatic carbocycles. The van der Waals surface area contributed by atoms with Gasteiger partial charge in [0, 0.05) is 44.1 Å². The second-order valence-corrected chi connectivity index (χ2v) is 7.38. The van der Waals surface area contributed by atoms with E-state index in [0.717, 1.165) is 50.0 Å². The quantitative estimate of drug-likeness (QED) is 0.367. The van der Waals surface area contributed by atoms with E-state index in [4.69, 9.17) is 10.5 Å². The normalized spacial score (nSPS) is 17.1. The molecule has 2 aliphatic rings. The Hall–Kier alpha value is -2.10. The molecule has 1 aromatic heterocycles. The second-order valence-electron chi connectivity index (χ2n) is 7.38. The van der Waals surface area contributed by atoms with Crippen LogP contribution in [-0.2, 0) is 6.54 Å². The molecule has 8 heteroatoms. The summed E-state index contributed by atoms with van der Waals surface area (Å²) in [5, 5.41) is 0. The maximum atomic E-state index is 13.1. The highest BCUT2D eigenvalue weighted by molar-refractivity contribution is 14.0. The molecule has 1 saturated heterocycles. The molecular formula is C21H27FIN5O. The summed E-state index contributed by atoms with van der Waals surface area (Å²) in [5.74, 6) is 1.72. The standard InChI is InChI=1S/C21H26FN5O.HI/c22-18-4-6-19(7-5-18)26-9-11-27(12-10-26)21(23)25-14-17-3-8-20(24-13-17)28-15-16-1-2-16;/h3-8,13,16H,1-2,9-12,14-15H2,(H2,23,25);1H. The lowest BCUT2D eigenvalue weighted by molar-refractivity contribution is 0.288. The minimum absolute atomic E-state index is 0. The van der Waals surface area contributed by atoms with Crippen molar-refractivity contribution in [3.63, 3.8) is 0 Å². The Labute approximate surface area is 188 Å². The molecule has 29 heavy (non-hydrogen) atoms. The first-order valence-corrected chi connectivity index (χ1v) is 9.80. The van der Waals surface area contributed by atoms with Crippen molar-refractivity contribution in [3.05, 3.63) is 54.0 Å². The fourth-order valence-electron chi connectivity index (χ4n) is 3.20. The number of nitrogens with zero attached hydrogens (tertiary/aromatic N) is 4. The van der Waals surface area contributed by atoms with Gasteiger partial charge in [0.1, 0.15) is 5.82 Å². The topological polar surface area (TPSA) is 67.0 Å². The average Bonchev–Trinajstić information content (AvgIpc) is 3.56. The van der Waals surface area contributed by atoms with Crippen LogP contribution in [0, 0.1) is 11.7 Å². The van der Waals surface area contributed by atoms with E-state index in [1.54, 1.807) is 6.20 Å². The third-order valence-electron chi connectivity index (χ3n) is 5.18. The predicted molar refractivity (Wildman–Crippen MR) is 123 cm³/mol. The van der Waals surface area contributed by atoms with E-state index in [-0.39, 0.29) is 29.8 Å². The highest BCUT2D eigenvalue weighted by Crippen LogP contribution is 2.29. The van der Waals surface area contributed by atoms with Crippen LogP contribution in [0.1, 0.15) is 18.4 Å². The SMILES string of the molecule is I.NC(=NCc1ccc(OCC2CC2)nc1)N1CCN(c2ccc(F)cc2)CC1. The molecule has 1 saturated carbocycles. The molecule has 4 rings (SSSR count). The number of aliphatic imine (C=N–C) groups is 1. The zero-order valence-corrected chi connectivity index (χ0v) is 18.7. The number of ether oxygens (including phenoxy) is 1. The maximum absolute atomic E-state index is 13.1. The summed E-state index contributed by atoms with van der Waals surface area (Å²) in [6.07, 6.45) is 4.33. The van der Waals surface area contributed by atoms with Crippen molar-refractivity contribution in [2.45, 2.75) is 19.4 Å². The molecular weight excluding hydrogens is 484 g/mol. The van der Waals surface area contributed by atoms with Crippen LogP contribution < -0.4 is 15.4 Å². The molecule has 6 nitrogen and oxygen atoms in total. The largest absolute Gasteiger partial charge is 0.477 e. The zero-order valence-electron chi connectivity index (χ0n) is 16.3. The van der Waals surface area contributed by atoms with Crippen molar-refractivity contribution in [3.8, 4) is 5.88 Å². The lowest BCUT2D eigenvalue weighted by Crippen LogP contribution is -2.51. The third kappa shape index (κ3) is 6.19. The van der Waals surface area contributed by atoms with Gasteiger partial charge >= 0.3 is 0 Å². The van der Waals surface area contributed by atoms with Gasteiger partial charge in [-0.05, 0) is 48.6 Å². The molecule has 0 spiro atoms. The number of anilines is 1. The zero-order chi connectivity index (χ0) is 19.3. The van der Waals surface area contributed by atoms with Crippen LogP contribution in [0.2, 0.25) is 0 Å². The number of rotatable bonds is 6. The van der Waals surface area contributed by atoms with Crippen LogP contribution in [-0.4, -0.2) is 48.6 Å². The molecule has 0 amide bonds. The smallest absolute Gasteiger partial charge is 0.213 e. The van der Waals surface area contributed by atoms with Gasteiger partial charge in [0.05, 0.1) is 13.2 Å². The van der Waals surface area contributed by atoms with Gasteiger partial charge in [0.25, 0.3) is 0 Å². The van der Waals surface area contributed by atoms with Gasteiger partial charge in [-0.1, -0.05) is 6.07 Å². The summed E-state index contributed by atoms with van der Waals surface area (Å²) in [7, 11) is 0. The Morgan fingerprint density at radius 1 is 1.10 bits per heavy atom. The summed E-state index contributed by atoms with van der Waals surface area (Å²) in [6, 6.07) is 10.5. The minimum Gasteiger partial charge on any atom is -0.477 e. The highest BCUT2D eigenvalue weighted by Gasteiger charge is 2.22. The number of pyridine rings is 1. The number of hydrogen-bond acceptors (Lipinski definition) is 4. The monoisotopic (exact) mass is 511 g/mol. The molecule has 2 aromatic rings. The van der Waals surface area contributed by atoms with Crippen molar-refractivity contribution in [2.75, 3.05) is 37.7 Å². The molecule has 2 heterocycles. The predicted octanol–water partition coefficient (Wildman–Crippen LogP) is 3.26. The van der Waals surface area contributed by atoms with Crippen LogP contribution in [0.5, 0.6) is 5.88 Å². The molecule has 0 bridgehead atoms. The Kier molecular flexibility index (Phi) is 7.51. The summed E-state index contributed by atoms with van der Waals surface area (Å²) >= 11 is 0. The third-order valence-corrected chi connectivity index (χ3v) is 5.18. The first kappa shape index (κ1) is 21.6. The molecule has 2 fully saturated rings. The van der Waals surface area contributed by atoms with Crippen molar-refractivity contribution in [1.29, 1.82) is 0 Å². The van der Waals surface area contributed by atoms with Gasteiger partial charge < -0.3 is 20.3 Å². The summed E-state index contributed by atoms with van der Waals surface area (Å²) in [4.78, 5) is 13.2. The van der Waals surface area contributed by atoms with Crippen LogP contribution in [0.15, 0.2) is 47.6 Å². The number of guanidine groups is 1. The Balaban J connectivity index is 0.00000240. The Morgan fingerprint density at radius 3 is 2.45 bits per heavy atom.